The van der Waals surface area contributed by atoms with Gasteiger partial charge in [-0.1, -0.05) is 15.9 Å². The fourth-order valence-corrected chi connectivity index (χ4v) is 3.23. The van der Waals surface area contributed by atoms with Crippen LogP contribution in [-0.2, 0) is 0 Å². The van der Waals surface area contributed by atoms with Gasteiger partial charge in [-0.25, -0.2) is 4.39 Å². The summed E-state index contributed by atoms with van der Waals surface area (Å²) in [6.07, 6.45) is 2.21. The van der Waals surface area contributed by atoms with Gasteiger partial charge in [-0.3, -0.25) is 0 Å². The van der Waals surface area contributed by atoms with Gasteiger partial charge in [0.2, 0.25) is 0 Å². The predicted molar refractivity (Wildman–Crippen MR) is 76.1 cm³/mol. The van der Waals surface area contributed by atoms with E-state index in [0.717, 1.165) is 36.0 Å². The van der Waals surface area contributed by atoms with E-state index in [9.17, 15) is 4.39 Å². The third-order valence-corrected chi connectivity index (χ3v) is 4.16. The van der Waals surface area contributed by atoms with Crippen LogP contribution in [0.25, 0.3) is 0 Å². The maximum absolute atomic E-state index is 14.1. The van der Waals surface area contributed by atoms with Crippen molar-refractivity contribution in [1.29, 1.82) is 0 Å². The lowest BCUT2D eigenvalue weighted by atomic mass is 9.85. The van der Waals surface area contributed by atoms with Crippen LogP contribution in [0.2, 0.25) is 0 Å². The molecule has 1 aliphatic heterocycles. The first-order chi connectivity index (χ1) is 8.59. The number of benzene rings is 1. The number of halogens is 2. The highest BCUT2D eigenvalue weighted by atomic mass is 79.9. The highest BCUT2D eigenvalue weighted by Crippen LogP contribution is 2.35. The molecule has 0 aromatic heterocycles. The lowest BCUT2D eigenvalue weighted by Crippen LogP contribution is -2.36. The molecule has 0 radical (unpaired) electrons. The molecule has 1 fully saturated rings. The van der Waals surface area contributed by atoms with Crippen LogP contribution in [0.15, 0.2) is 22.7 Å². The van der Waals surface area contributed by atoms with Gasteiger partial charge in [0.15, 0.2) is 0 Å². The zero-order chi connectivity index (χ0) is 13.1. The van der Waals surface area contributed by atoms with Gasteiger partial charge >= 0.3 is 0 Å². The molecule has 0 aliphatic carbocycles. The molecule has 1 unspecified atom stereocenters. The molecule has 1 heterocycles. The van der Waals surface area contributed by atoms with Gasteiger partial charge in [-0.2, -0.15) is 0 Å². The summed E-state index contributed by atoms with van der Waals surface area (Å²) >= 11 is 3.44. The Hall–Kier alpha value is -0.450. The van der Waals surface area contributed by atoms with Crippen molar-refractivity contribution >= 4 is 15.9 Å². The maximum Gasteiger partial charge on any atom is 0.128 e. The molecule has 4 heteroatoms. The Morgan fingerprint density at radius 3 is 2.61 bits per heavy atom. The Labute approximate surface area is 117 Å². The van der Waals surface area contributed by atoms with Gasteiger partial charge in [-0.05, 0) is 64.1 Å². The molecule has 18 heavy (non-hydrogen) atoms. The molecule has 1 N–H and O–H groups in total. The largest absolute Gasteiger partial charge is 0.317 e. The summed E-state index contributed by atoms with van der Waals surface area (Å²) in [5.41, 5.74) is 0.807. The van der Waals surface area contributed by atoms with Crippen LogP contribution >= 0.6 is 15.9 Å². The first kappa shape index (κ1) is 14.0. The van der Waals surface area contributed by atoms with Crippen LogP contribution < -0.4 is 5.32 Å². The van der Waals surface area contributed by atoms with E-state index in [1.165, 1.54) is 0 Å². The smallest absolute Gasteiger partial charge is 0.128 e. The first-order valence-electron chi connectivity index (χ1n) is 6.41. The lowest BCUT2D eigenvalue weighted by molar-refractivity contribution is 0.173. The van der Waals surface area contributed by atoms with E-state index in [4.69, 9.17) is 0 Å². The summed E-state index contributed by atoms with van der Waals surface area (Å²) < 4.78 is 15.0. The van der Waals surface area contributed by atoms with Crippen molar-refractivity contribution in [2.75, 3.05) is 27.2 Å². The van der Waals surface area contributed by atoms with Crippen molar-refractivity contribution in [3.8, 4) is 0 Å². The molecule has 1 aliphatic rings. The average Bonchev–Trinajstić information content (AvgIpc) is 2.35. The fourth-order valence-electron chi connectivity index (χ4n) is 2.85. The molecule has 0 amide bonds. The van der Waals surface area contributed by atoms with Gasteiger partial charge in [-0.15, -0.1) is 0 Å². The zero-order valence-corrected chi connectivity index (χ0v) is 12.5. The molecular weight excluding hydrogens is 295 g/mol. The summed E-state index contributed by atoms with van der Waals surface area (Å²) in [7, 11) is 4.07. The van der Waals surface area contributed by atoms with E-state index < -0.39 is 0 Å². The number of nitrogens with zero attached hydrogens (tertiary/aromatic N) is 1. The monoisotopic (exact) mass is 314 g/mol. The SMILES string of the molecule is CN(C)C(c1cc(Br)ccc1F)C1CCNCC1. The third kappa shape index (κ3) is 3.11. The molecule has 1 atom stereocenters. The van der Waals surface area contributed by atoms with E-state index >= 15 is 0 Å². The highest BCUT2D eigenvalue weighted by Gasteiger charge is 2.28. The zero-order valence-electron chi connectivity index (χ0n) is 10.9. The summed E-state index contributed by atoms with van der Waals surface area (Å²) in [5, 5.41) is 3.36. The molecule has 1 aromatic rings. The predicted octanol–water partition coefficient (Wildman–Crippen LogP) is 3.19. The third-order valence-electron chi connectivity index (χ3n) is 3.66. The van der Waals surface area contributed by atoms with Crippen molar-refractivity contribution in [3.63, 3.8) is 0 Å². The van der Waals surface area contributed by atoms with Crippen molar-refractivity contribution in [2.45, 2.75) is 18.9 Å². The molecule has 1 saturated heterocycles. The van der Waals surface area contributed by atoms with E-state index in [0.29, 0.717) is 5.92 Å². The molecule has 2 rings (SSSR count). The van der Waals surface area contributed by atoms with Crippen molar-refractivity contribution in [1.82, 2.24) is 10.2 Å². The van der Waals surface area contributed by atoms with Gasteiger partial charge < -0.3 is 10.2 Å². The molecule has 100 valence electrons. The van der Waals surface area contributed by atoms with Gasteiger partial charge in [0.1, 0.15) is 5.82 Å². The fraction of sp³-hybridized carbons (Fsp3) is 0.571. The number of nitrogens with one attached hydrogen (secondary N) is 1. The van der Waals surface area contributed by atoms with Crippen LogP contribution in [0.5, 0.6) is 0 Å². The standard InChI is InChI=1S/C14H20BrFN2/c1-18(2)14(10-5-7-17-8-6-10)12-9-11(15)3-4-13(12)16/h3-4,9-10,14,17H,5-8H2,1-2H3. The Morgan fingerprint density at radius 2 is 2.00 bits per heavy atom. The number of hydrogen-bond donors (Lipinski definition) is 1. The van der Waals surface area contributed by atoms with Crippen LogP contribution in [0, 0.1) is 11.7 Å². The molecule has 0 saturated carbocycles. The summed E-state index contributed by atoms with van der Waals surface area (Å²) in [6, 6.07) is 5.39. The Balaban J connectivity index is 2.31. The Kier molecular flexibility index (Phi) is 4.76. The Bertz CT molecular complexity index is 403. The minimum absolute atomic E-state index is 0.101. The molecule has 0 bridgehead atoms. The van der Waals surface area contributed by atoms with E-state index in [1.807, 2.05) is 20.2 Å². The van der Waals surface area contributed by atoms with Crippen molar-refractivity contribution in [2.24, 2.45) is 5.92 Å². The second kappa shape index (κ2) is 6.13. The summed E-state index contributed by atoms with van der Waals surface area (Å²) in [5.74, 6) is 0.417. The maximum atomic E-state index is 14.1. The van der Waals surface area contributed by atoms with Crippen LogP contribution in [0.4, 0.5) is 4.39 Å². The number of hydrogen-bond acceptors (Lipinski definition) is 2. The quantitative estimate of drug-likeness (QED) is 0.921. The van der Waals surface area contributed by atoms with Crippen molar-refractivity contribution in [3.05, 3.63) is 34.1 Å². The van der Waals surface area contributed by atoms with Gasteiger partial charge in [0, 0.05) is 16.1 Å². The number of piperidine rings is 1. The summed E-state index contributed by atoms with van der Waals surface area (Å²) in [6.45, 7) is 2.06. The minimum Gasteiger partial charge on any atom is -0.317 e. The normalized spacial score (nSPS) is 19.2. The topological polar surface area (TPSA) is 15.3 Å². The highest BCUT2D eigenvalue weighted by molar-refractivity contribution is 9.10. The van der Waals surface area contributed by atoms with Crippen LogP contribution in [-0.4, -0.2) is 32.1 Å². The van der Waals surface area contributed by atoms with Crippen molar-refractivity contribution < 1.29 is 4.39 Å². The molecule has 0 spiro atoms. The van der Waals surface area contributed by atoms with Crippen LogP contribution in [0.3, 0.4) is 0 Å². The Morgan fingerprint density at radius 1 is 1.33 bits per heavy atom. The second-order valence-corrected chi connectivity index (χ2v) is 6.08. The van der Waals surface area contributed by atoms with E-state index in [2.05, 4.69) is 26.1 Å². The van der Waals surface area contributed by atoms with E-state index in [1.54, 1.807) is 12.1 Å². The second-order valence-electron chi connectivity index (χ2n) is 5.16. The minimum atomic E-state index is -0.101. The lowest BCUT2D eigenvalue weighted by Gasteiger charge is -2.35. The first-order valence-corrected chi connectivity index (χ1v) is 7.21. The molecule has 1 aromatic carbocycles. The number of rotatable bonds is 3. The summed E-state index contributed by atoms with van der Waals surface area (Å²) in [4.78, 5) is 2.14. The van der Waals surface area contributed by atoms with Crippen LogP contribution in [0.1, 0.15) is 24.4 Å². The molecular formula is C14H20BrFN2. The average molecular weight is 315 g/mol. The van der Waals surface area contributed by atoms with Gasteiger partial charge in [0.05, 0.1) is 0 Å². The molecule has 2 nitrogen and oxygen atoms in total. The van der Waals surface area contributed by atoms with E-state index in [-0.39, 0.29) is 11.9 Å². The van der Waals surface area contributed by atoms with Gasteiger partial charge in [0.25, 0.3) is 0 Å².